The zero-order valence-corrected chi connectivity index (χ0v) is 10.5. The molecule has 0 radical (unpaired) electrons. The average molecular weight is 251 g/mol. The molecule has 0 N–H and O–H groups in total. The van der Waals surface area contributed by atoms with Crippen molar-refractivity contribution >= 4 is 5.97 Å². The lowest BCUT2D eigenvalue weighted by Gasteiger charge is -2.26. The van der Waals surface area contributed by atoms with Gasteiger partial charge in [0, 0.05) is 0 Å². The molecule has 0 bridgehead atoms. The molecule has 2 aromatic rings. The van der Waals surface area contributed by atoms with Crippen molar-refractivity contribution in [1.29, 1.82) is 5.26 Å². The Hall–Kier alpha value is -2.60. The molecule has 0 heterocycles. The number of nitrogens with zero attached hydrogens (tertiary/aromatic N) is 1. The molecule has 3 nitrogen and oxygen atoms in total. The molecular formula is C16H13NO2. The standard InChI is InChI=1S/C16H13NO2/c1-16(15(18)19-12-17,13-8-4-2-5-9-13)14-10-6-3-7-11-14/h2-11H,1H3. The van der Waals surface area contributed by atoms with Crippen LogP contribution in [0.5, 0.6) is 0 Å². The van der Waals surface area contributed by atoms with Gasteiger partial charge in [0.05, 0.1) is 0 Å². The second-order valence-electron chi connectivity index (χ2n) is 4.34. The van der Waals surface area contributed by atoms with Crippen molar-refractivity contribution in [2.45, 2.75) is 12.3 Å². The summed E-state index contributed by atoms with van der Waals surface area (Å²) in [5, 5.41) is 8.60. The first-order valence-corrected chi connectivity index (χ1v) is 5.91. The van der Waals surface area contributed by atoms with Gasteiger partial charge < -0.3 is 4.74 Å². The molecule has 0 atom stereocenters. The molecule has 2 aromatic carbocycles. The van der Waals surface area contributed by atoms with Crippen LogP contribution < -0.4 is 0 Å². The molecule has 0 amide bonds. The highest BCUT2D eigenvalue weighted by molar-refractivity contribution is 5.87. The van der Waals surface area contributed by atoms with Gasteiger partial charge in [0.15, 0.2) is 0 Å². The lowest BCUT2D eigenvalue weighted by molar-refractivity contribution is -0.141. The number of carbonyl (C=O) groups excluding carboxylic acids is 1. The topological polar surface area (TPSA) is 50.1 Å². The number of benzene rings is 2. The van der Waals surface area contributed by atoms with E-state index in [-0.39, 0.29) is 0 Å². The summed E-state index contributed by atoms with van der Waals surface area (Å²) in [6.45, 7) is 1.76. The minimum Gasteiger partial charge on any atom is -0.350 e. The fourth-order valence-corrected chi connectivity index (χ4v) is 2.09. The zero-order chi connectivity index (χ0) is 13.7. The average Bonchev–Trinajstić information content (AvgIpc) is 2.48. The summed E-state index contributed by atoms with van der Waals surface area (Å²) in [6, 6.07) is 18.6. The van der Waals surface area contributed by atoms with E-state index in [1.165, 1.54) is 6.26 Å². The summed E-state index contributed by atoms with van der Waals surface area (Å²) in [7, 11) is 0. The first-order valence-electron chi connectivity index (χ1n) is 5.91. The van der Waals surface area contributed by atoms with Gasteiger partial charge in [0.2, 0.25) is 0 Å². The predicted molar refractivity (Wildman–Crippen MR) is 71.0 cm³/mol. The molecule has 0 saturated carbocycles. The smallest absolute Gasteiger partial charge is 0.336 e. The summed E-state index contributed by atoms with van der Waals surface area (Å²) in [4.78, 5) is 12.2. The molecule has 0 saturated heterocycles. The number of rotatable bonds is 3. The Morgan fingerprint density at radius 1 is 1.00 bits per heavy atom. The molecule has 3 heteroatoms. The van der Waals surface area contributed by atoms with Crippen LogP contribution in [-0.4, -0.2) is 5.97 Å². The molecule has 94 valence electrons. The van der Waals surface area contributed by atoms with Crippen molar-refractivity contribution < 1.29 is 9.53 Å². The van der Waals surface area contributed by atoms with Crippen LogP contribution in [0.15, 0.2) is 60.7 Å². The summed E-state index contributed by atoms with van der Waals surface area (Å²) in [6.07, 6.45) is 1.46. The third-order valence-electron chi connectivity index (χ3n) is 3.25. The monoisotopic (exact) mass is 251 g/mol. The Kier molecular flexibility index (Phi) is 3.63. The highest BCUT2D eigenvalue weighted by Crippen LogP contribution is 2.33. The van der Waals surface area contributed by atoms with Crippen LogP contribution in [0.2, 0.25) is 0 Å². The minimum atomic E-state index is -0.988. The van der Waals surface area contributed by atoms with E-state index in [9.17, 15) is 4.79 Å². The van der Waals surface area contributed by atoms with Crippen molar-refractivity contribution in [3.63, 3.8) is 0 Å². The Labute approximate surface area is 112 Å². The Morgan fingerprint density at radius 2 is 1.42 bits per heavy atom. The van der Waals surface area contributed by atoms with E-state index in [0.29, 0.717) is 0 Å². The fraction of sp³-hybridized carbons (Fsp3) is 0.125. The van der Waals surface area contributed by atoms with Gasteiger partial charge in [-0.2, -0.15) is 0 Å². The van der Waals surface area contributed by atoms with Crippen LogP contribution in [0.4, 0.5) is 0 Å². The molecule has 0 unspecified atom stereocenters. The van der Waals surface area contributed by atoms with Gasteiger partial charge in [0.25, 0.3) is 6.26 Å². The summed E-state index contributed by atoms with van der Waals surface area (Å²) < 4.78 is 4.58. The number of hydrogen-bond donors (Lipinski definition) is 0. The minimum absolute atomic E-state index is 0.576. The maximum Gasteiger partial charge on any atom is 0.336 e. The molecule has 0 aromatic heterocycles. The first kappa shape index (κ1) is 12.8. The van der Waals surface area contributed by atoms with Gasteiger partial charge in [-0.1, -0.05) is 60.7 Å². The Bertz CT molecular complexity index is 560. The van der Waals surface area contributed by atoms with E-state index < -0.39 is 11.4 Å². The van der Waals surface area contributed by atoms with Crippen LogP contribution in [0.25, 0.3) is 0 Å². The van der Waals surface area contributed by atoms with Gasteiger partial charge in [0.1, 0.15) is 5.41 Å². The second-order valence-corrected chi connectivity index (χ2v) is 4.34. The van der Waals surface area contributed by atoms with Crippen molar-refractivity contribution in [2.24, 2.45) is 0 Å². The van der Waals surface area contributed by atoms with Crippen LogP contribution in [0.3, 0.4) is 0 Å². The van der Waals surface area contributed by atoms with Crippen LogP contribution in [-0.2, 0) is 14.9 Å². The van der Waals surface area contributed by atoms with Crippen molar-refractivity contribution in [3.8, 4) is 6.26 Å². The summed E-state index contributed by atoms with van der Waals surface area (Å²) >= 11 is 0. The molecular weight excluding hydrogens is 238 g/mol. The number of esters is 1. The molecule has 2 rings (SSSR count). The third kappa shape index (κ3) is 2.34. The Balaban J connectivity index is 2.58. The largest absolute Gasteiger partial charge is 0.350 e. The maximum absolute atomic E-state index is 12.2. The van der Waals surface area contributed by atoms with Crippen molar-refractivity contribution in [3.05, 3.63) is 71.8 Å². The quantitative estimate of drug-likeness (QED) is 0.622. The fourth-order valence-electron chi connectivity index (χ4n) is 2.09. The molecule has 0 aliphatic heterocycles. The summed E-state index contributed by atoms with van der Waals surface area (Å²) in [5.74, 6) is -0.576. The molecule has 19 heavy (non-hydrogen) atoms. The maximum atomic E-state index is 12.2. The van der Waals surface area contributed by atoms with E-state index in [0.717, 1.165) is 11.1 Å². The zero-order valence-electron chi connectivity index (χ0n) is 10.5. The van der Waals surface area contributed by atoms with E-state index in [1.54, 1.807) is 6.92 Å². The lowest BCUT2D eigenvalue weighted by Crippen LogP contribution is -2.34. The van der Waals surface area contributed by atoms with E-state index in [2.05, 4.69) is 4.74 Å². The van der Waals surface area contributed by atoms with E-state index in [4.69, 9.17) is 5.26 Å². The van der Waals surface area contributed by atoms with Crippen LogP contribution in [0, 0.1) is 11.5 Å². The summed E-state index contributed by atoms with van der Waals surface area (Å²) in [5.41, 5.74) is 0.598. The van der Waals surface area contributed by atoms with Gasteiger partial charge >= 0.3 is 5.97 Å². The van der Waals surface area contributed by atoms with Gasteiger partial charge in [-0.25, -0.2) is 4.79 Å². The number of hydrogen-bond acceptors (Lipinski definition) is 3. The Morgan fingerprint density at radius 3 is 1.79 bits per heavy atom. The number of ether oxygens (including phenoxy) is 1. The SMILES string of the molecule is CC(C(=O)OC#N)(c1ccccc1)c1ccccc1. The number of nitriles is 1. The van der Waals surface area contributed by atoms with Gasteiger partial charge in [-0.15, -0.1) is 5.26 Å². The molecule has 0 fully saturated rings. The molecule has 0 spiro atoms. The van der Waals surface area contributed by atoms with Gasteiger partial charge in [-0.3, -0.25) is 0 Å². The van der Waals surface area contributed by atoms with E-state index >= 15 is 0 Å². The predicted octanol–water partition coefficient (Wildman–Crippen LogP) is 3.02. The lowest BCUT2D eigenvalue weighted by atomic mass is 9.76. The first-order chi connectivity index (χ1) is 9.19. The van der Waals surface area contributed by atoms with Crippen molar-refractivity contribution in [2.75, 3.05) is 0 Å². The van der Waals surface area contributed by atoms with Crippen LogP contribution >= 0.6 is 0 Å². The highest BCUT2D eigenvalue weighted by Gasteiger charge is 2.38. The number of carbonyl (C=O) groups is 1. The normalized spacial score (nSPS) is 10.5. The highest BCUT2D eigenvalue weighted by atomic mass is 16.5. The van der Waals surface area contributed by atoms with Gasteiger partial charge in [-0.05, 0) is 18.1 Å². The van der Waals surface area contributed by atoms with Crippen LogP contribution in [0.1, 0.15) is 18.1 Å². The van der Waals surface area contributed by atoms with Crippen molar-refractivity contribution in [1.82, 2.24) is 0 Å². The molecule has 0 aliphatic rings. The second kappa shape index (κ2) is 5.36. The third-order valence-corrected chi connectivity index (χ3v) is 3.25. The molecule has 0 aliphatic carbocycles. The van der Waals surface area contributed by atoms with E-state index in [1.807, 2.05) is 60.7 Å².